The molecule has 1 aromatic carbocycles. The topological polar surface area (TPSA) is 62.0 Å². The van der Waals surface area contributed by atoms with Gasteiger partial charge in [-0.3, -0.25) is 4.55 Å². The molecule has 0 heterocycles. The molecule has 1 N–H and O–H groups in total. The van der Waals surface area contributed by atoms with Gasteiger partial charge in [0.05, 0.1) is 0 Å². The second kappa shape index (κ2) is 7.98. The third-order valence-electron chi connectivity index (χ3n) is 3.00. The van der Waals surface area contributed by atoms with Crippen molar-refractivity contribution < 1.29 is 13.0 Å². The molecule has 0 amide bonds. The molecule has 0 saturated heterocycles. The number of hydrogen-bond acceptors (Lipinski definition) is 3. The van der Waals surface area contributed by atoms with Crippen LogP contribution in [0.3, 0.4) is 0 Å². The lowest BCUT2D eigenvalue weighted by molar-refractivity contribution is 0.285. The Kier molecular flexibility index (Phi) is 7.33. The number of halogens is 4. The molecule has 0 spiro atoms. The zero-order chi connectivity index (χ0) is 17.9. The molecule has 0 aliphatic rings. The predicted octanol–water partition coefficient (Wildman–Crippen LogP) is 4.55. The largest absolute Gasteiger partial charge is 0.353 e. The lowest BCUT2D eigenvalue weighted by Gasteiger charge is -2.27. The van der Waals surface area contributed by atoms with Crippen LogP contribution < -0.4 is 0 Å². The van der Waals surface area contributed by atoms with Crippen molar-refractivity contribution in [3.05, 3.63) is 40.1 Å². The summed E-state index contributed by atoms with van der Waals surface area (Å²) in [4.78, 5) is -1.14. The van der Waals surface area contributed by atoms with E-state index >= 15 is 0 Å². The molecule has 5 nitrogen and oxygen atoms in total. The standard InChI is InChI=1S/C12H12Cl4N2O3S2/c1-11(18(2)23(19,20)21,9-6-4-3-5-7-9)8-17-22-12(15,16)10(13)14/h3-7,10H,1-2H3/p+1. The summed E-state index contributed by atoms with van der Waals surface area (Å²) in [5.74, 6) is 0. The number of benzene rings is 1. The Hall–Kier alpha value is 0.0900. The molecule has 128 valence electrons. The number of rotatable bonds is 5. The summed E-state index contributed by atoms with van der Waals surface area (Å²) in [5, 5.41) is 0. The highest BCUT2D eigenvalue weighted by atomic mass is 35.5. The van der Waals surface area contributed by atoms with E-state index in [1.54, 1.807) is 30.3 Å². The Morgan fingerprint density at radius 1 is 1.30 bits per heavy atom. The Morgan fingerprint density at radius 3 is 2.26 bits per heavy atom. The summed E-state index contributed by atoms with van der Waals surface area (Å²) in [5.41, 5.74) is -0.882. The molecule has 11 heteroatoms. The first kappa shape index (κ1) is 21.1. The molecule has 1 rings (SSSR count). The van der Waals surface area contributed by atoms with Gasteiger partial charge >= 0.3 is 28.3 Å². The van der Waals surface area contributed by atoms with E-state index in [1.807, 2.05) is 0 Å². The Balaban J connectivity index is 3.29. The van der Waals surface area contributed by atoms with E-state index in [-0.39, 0.29) is 0 Å². The normalized spacial score (nSPS) is 15.2. The van der Waals surface area contributed by atoms with Gasteiger partial charge in [-0.2, -0.15) is 12.7 Å². The quantitative estimate of drug-likeness (QED) is 0.416. The lowest BCUT2D eigenvalue weighted by atomic mass is 9.94. The number of alkyl halides is 4. The van der Waals surface area contributed by atoms with Gasteiger partial charge in [0.1, 0.15) is 0 Å². The molecule has 0 aliphatic heterocycles. The summed E-state index contributed by atoms with van der Waals surface area (Å²) < 4.78 is 35.3. The van der Waals surface area contributed by atoms with Crippen molar-refractivity contribution in [1.82, 2.24) is 4.31 Å². The highest BCUT2D eigenvalue weighted by Gasteiger charge is 2.45. The summed E-state index contributed by atoms with van der Waals surface area (Å²) >= 11 is 23.6. The van der Waals surface area contributed by atoms with Crippen molar-refractivity contribution in [1.29, 1.82) is 0 Å². The highest BCUT2D eigenvalue weighted by Crippen LogP contribution is 2.43. The molecule has 0 aliphatic carbocycles. The van der Waals surface area contributed by atoms with Crippen LogP contribution in [-0.2, 0) is 15.8 Å². The zero-order valence-corrected chi connectivity index (χ0v) is 16.6. The fourth-order valence-corrected chi connectivity index (χ4v) is 3.00. The molecule has 1 aromatic rings. The van der Waals surface area contributed by atoms with Crippen molar-refractivity contribution in [3.63, 3.8) is 0 Å². The molecule has 0 radical (unpaired) electrons. The van der Waals surface area contributed by atoms with Crippen LogP contribution in [0, 0.1) is 6.07 Å². The molecule has 0 fully saturated rings. The summed E-state index contributed by atoms with van der Waals surface area (Å²) in [7, 11) is -3.32. The van der Waals surface area contributed by atoms with Crippen LogP contribution in [0.1, 0.15) is 12.5 Å². The van der Waals surface area contributed by atoms with Gasteiger partial charge in [-0.1, -0.05) is 53.5 Å². The first-order valence-electron chi connectivity index (χ1n) is 5.99. The minimum absolute atomic E-state index is 0.521. The number of hydrogen-bond donors (Lipinski definition) is 1. The Bertz CT molecular complexity index is 704. The molecule has 0 saturated carbocycles. The molecule has 1 atom stereocenters. The minimum atomic E-state index is -4.51. The average Bonchev–Trinajstić information content (AvgIpc) is 2.45. The van der Waals surface area contributed by atoms with Crippen molar-refractivity contribution in [2.45, 2.75) is 21.0 Å². The second-order valence-corrected chi connectivity index (χ2v) is 9.92. The molecule has 1 unspecified atom stereocenters. The maximum absolute atomic E-state index is 11.5. The molecular formula is C12H13Cl4N2O3S2+. The molecular weight excluding hydrogens is 426 g/mol. The van der Waals surface area contributed by atoms with E-state index in [1.165, 1.54) is 14.0 Å². The van der Waals surface area contributed by atoms with E-state index in [0.717, 1.165) is 0 Å². The van der Waals surface area contributed by atoms with Crippen LogP contribution in [0.2, 0.25) is 0 Å². The van der Waals surface area contributed by atoms with Crippen molar-refractivity contribution in [3.8, 4) is 6.07 Å². The SMILES string of the molecule is CN(C(C)(C#[N+]SC(Cl)(Cl)C(Cl)Cl)c1ccccc1)S(=O)(=O)O. The first-order chi connectivity index (χ1) is 10.4. The van der Waals surface area contributed by atoms with Crippen LogP contribution in [0.15, 0.2) is 30.3 Å². The maximum atomic E-state index is 11.5. The highest BCUT2D eigenvalue weighted by molar-refractivity contribution is 8.05. The third-order valence-corrected chi connectivity index (χ3v) is 6.93. The smallest absolute Gasteiger partial charge is 0.273 e. The van der Waals surface area contributed by atoms with Gasteiger partial charge in [0.25, 0.3) is 3.67 Å². The van der Waals surface area contributed by atoms with Crippen molar-refractivity contribution >= 4 is 68.7 Å². The fourth-order valence-electron chi connectivity index (χ4n) is 1.52. The monoisotopic (exact) mass is 437 g/mol. The summed E-state index contributed by atoms with van der Waals surface area (Å²) in [6, 6.07) is 11.1. The van der Waals surface area contributed by atoms with Crippen LogP contribution >= 0.6 is 58.4 Å². The van der Waals surface area contributed by atoms with Gasteiger partial charge in [0, 0.05) is 11.3 Å². The average molecular weight is 439 g/mol. The summed E-state index contributed by atoms with van der Waals surface area (Å²) in [6.07, 6.45) is 0. The molecule has 23 heavy (non-hydrogen) atoms. The molecule has 0 aromatic heterocycles. The third kappa shape index (κ3) is 5.55. The van der Waals surface area contributed by atoms with Crippen LogP contribution in [-0.4, -0.2) is 32.8 Å². The maximum Gasteiger partial charge on any atom is 0.353 e. The van der Waals surface area contributed by atoms with Gasteiger partial charge in [-0.15, -0.1) is 23.2 Å². The van der Waals surface area contributed by atoms with E-state index < -0.39 is 24.3 Å². The predicted molar refractivity (Wildman–Crippen MR) is 97.9 cm³/mol. The van der Waals surface area contributed by atoms with Gasteiger partial charge in [-0.05, 0) is 12.5 Å². The van der Waals surface area contributed by atoms with Crippen molar-refractivity contribution in [2.75, 3.05) is 7.05 Å². The van der Waals surface area contributed by atoms with E-state index in [0.29, 0.717) is 21.8 Å². The zero-order valence-electron chi connectivity index (χ0n) is 12.0. The Labute approximate surface area is 159 Å². The van der Waals surface area contributed by atoms with Crippen LogP contribution in [0.4, 0.5) is 0 Å². The lowest BCUT2D eigenvalue weighted by Crippen LogP contribution is -2.43. The van der Waals surface area contributed by atoms with Crippen LogP contribution in [0.25, 0.3) is 4.25 Å². The van der Waals surface area contributed by atoms with Crippen molar-refractivity contribution in [2.24, 2.45) is 0 Å². The first-order valence-corrected chi connectivity index (χ1v) is 9.79. The summed E-state index contributed by atoms with van der Waals surface area (Å²) in [6.45, 7) is 1.50. The van der Waals surface area contributed by atoms with E-state index in [4.69, 9.17) is 46.4 Å². The Morgan fingerprint density at radius 2 is 1.83 bits per heavy atom. The van der Waals surface area contributed by atoms with Gasteiger partial charge in [-0.25, -0.2) is 0 Å². The van der Waals surface area contributed by atoms with Gasteiger partial charge < -0.3 is 0 Å². The number of nitrogens with zero attached hydrogens (tertiary/aromatic N) is 2. The molecule has 0 bridgehead atoms. The van der Waals surface area contributed by atoms with Gasteiger partial charge in [0.15, 0.2) is 10.4 Å². The second-order valence-electron chi connectivity index (χ2n) is 4.54. The van der Waals surface area contributed by atoms with Gasteiger partial charge in [0.2, 0.25) is 0 Å². The van der Waals surface area contributed by atoms with Crippen LogP contribution in [0.5, 0.6) is 0 Å². The van der Waals surface area contributed by atoms with E-state index in [9.17, 15) is 13.0 Å². The van der Waals surface area contributed by atoms with E-state index in [2.05, 4.69) is 10.3 Å². The minimum Gasteiger partial charge on any atom is -0.273 e. The fraction of sp³-hybridized carbons (Fsp3) is 0.417.